The van der Waals surface area contributed by atoms with Crippen LogP contribution in [-0.4, -0.2) is 11.8 Å². The normalized spacial score (nSPS) is 10.2. The maximum Gasteiger partial charge on any atom is 0.0210 e. The third-order valence-corrected chi connectivity index (χ3v) is 2.14. The van der Waals surface area contributed by atoms with Crippen LogP contribution in [0.5, 0.6) is 0 Å². The minimum atomic E-state index is 0.645. The van der Waals surface area contributed by atoms with E-state index in [-0.39, 0.29) is 0 Å². The molecule has 3 heteroatoms. The molecule has 0 saturated heterocycles. The fourth-order valence-electron chi connectivity index (χ4n) is 1.06. The summed E-state index contributed by atoms with van der Waals surface area (Å²) >= 11 is 3.41. The number of nitrogens with one attached hydrogen (secondary N) is 1. The van der Waals surface area contributed by atoms with Crippen LogP contribution in [0.2, 0.25) is 0 Å². The van der Waals surface area contributed by atoms with Gasteiger partial charge in [0.25, 0.3) is 0 Å². The Morgan fingerprint density at radius 3 is 2.92 bits per heavy atom. The van der Waals surface area contributed by atoms with Crippen molar-refractivity contribution in [3.8, 4) is 0 Å². The Hall–Kier alpha value is -0.380. The molecule has 2 N–H and O–H groups in total. The second-order valence-electron chi connectivity index (χ2n) is 2.64. The van der Waals surface area contributed by atoms with Crippen LogP contribution in [0.1, 0.15) is 12.0 Å². The minimum absolute atomic E-state index is 0.645. The van der Waals surface area contributed by atoms with Crippen molar-refractivity contribution in [3.05, 3.63) is 34.3 Å². The molecule has 66 valence electrons. The summed E-state index contributed by atoms with van der Waals surface area (Å²) in [4.78, 5) is 0. The molecule has 1 aromatic rings. The van der Waals surface area contributed by atoms with Gasteiger partial charge in [0.1, 0.15) is 0 Å². The van der Waals surface area contributed by atoms with Crippen LogP contribution in [0.25, 0.3) is 0 Å². The van der Waals surface area contributed by atoms with E-state index >= 15 is 0 Å². The van der Waals surface area contributed by atoms with Crippen LogP contribution in [-0.2, 0) is 6.42 Å². The maximum absolute atomic E-state index is 8.34. The molecule has 12 heavy (non-hydrogen) atoms. The smallest absolute Gasteiger partial charge is 0.0210 e. The van der Waals surface area contributed by atoms with E-state index in [1.165, 1.54) is 5.56 Å². The maximum atomic E-state index is 8.34. The van der Waals surface area contributed by atoms with Crippen molar-refractivity contribution >= 4 is 15.9 Å². The molecule has 0 aliphatic heterocycles. The molecule has 0 atom stereocenters. The van der Waals surface area contributed by atoms with Crippen molar-refractivity contribution in [1.29, 1.82) is 0 Å². The fourth-order valence-corrected chi connectivity index (χ4v) is 1.51. The average Bonchev–Trinajstić information content (AvgIpc) is 2.05. The van der Waals surface area contributed by atoms with Gasteiger partial charge in [-0.1, -0.05) is 28.1 Å². The summed E-state index contributed by atoms with van der Waals surface area (Å²) in [5, 5.41) is 8.34. The lowest BCUT2D eigenvalue weighted by Gasteiger charge is -2.00. The first-order valence-electron chi connectivity index (χ1n) is 3.94. The van der Waals surface area contributed by atoms with Crippen molar-refractivity contribution in [1.82, 2.24) is 5.48 Å². The van der Waals surface area contributed by atoms with Gasteiger partial charge in [-0.25, -0.2) is 5.48 Å². The van der Waals surface area contributed by atoms with Crippen LogP contribution < -0.4 is 5.48 Å². The molecule has 0 fully saturated rings. The van der Waals surface area contributed by atoms with Crippen LogP contribution in [0.15, 0.2) is 28.7 Å². The number of hydrogen-bond donors (Lipinski definition) is 2. The monoisotopic (exact) mass is 229 g/mol. The van der Waals surface area contributed by atoms with E-state index in [2.05, 4.69) is 33.5 Å². The summed E-state index contributed by atoms with van der Waals surface area (Å²) in [5.41, 5.74) is 3.43. The van der Waals surface area contributed by atoms with Gasteiger partial charge in [0.2, 0.25) is 0 Å². The summed E-state index contributed by atoms with van der Waals surface area (Å²) in [7, 11) is 0. The molecule has 0 aliphatic carbocycles. The minimum Gasteiger partial charge on any atom is -0.317 e. The van der Waals surface area contributed by atoms with Gasteiger partial charge in [0.15, 0.2) is 0 Å². The fraction of sp³-hybridized carbons (Fsp3) is 0.333. The van der Waals surface area contributed by atoms with Crippen molar-refractivity contribution < 1.29 is 5.21 Å². The van der Waals surface area contributed by atoms with E-state index < -0.39 is 0 Å². The molecular formula is C9H12BrNO. The number of aryl methyl sites for hydroxylation is 1. The van der Waals surface area contributed by atoms with E-state index in [1.807, 2.05) is 12.1 Å². The quantitative estimate of drug-likeness (QED) is 0.614. The lowest BCUT2D eigenvalue weighted by molar-refractivity contribution is 0.166. The van der Waals surface area contributed by atoms with Crippen molar-refractivity contribution in [2.24, 2.45) is 0 Å². The Balaban J connectivity index is 2.41. The molecule has 0 aromatic heterocycles. The number of hydroxylamine groups is 1. The highest BCUT2D eigenvalue weighted by atomic mass is 79.9. The summed E-state index contributed by atoms with van der Waals surface area (Å²) in [6, 6.07) is 8.21. The zero-order valence-corrected chi connectivity index (χ0v) is 8.34. The Morgan fingerprint density at radius 1 is 1.42 bits per heavy atom. The summed E-state index contributed by atoms with van der Waals surface area (Å²) in [6.07, 6.45) is 1.94. The summed E-state index contributed by atoms with van der Waals surface area (Å²) in [6.45, 7) is 0.645. The van der Waals surface area contributed by atoms with Gasteiger partial charge in [-0.05, 0) is 30.5 Å². The van der Waals surface area contributed by atoms with Crippen LogP contribution in [0.4, 0.5) is 0 Å². The topological polar surface area (TPSA) is 32.3 Å². The van der Waals surface area contributed by atoms with Crippen LogP contribution in [0, 0.1) is 0 Å². The van der Waals surface area contributed by atoms with E-state index in [4.69, 9.17) is 5.21 Å². The summed E-state index contributed by atoms with van der Waals surface area (Å²) < 4.78 is 1.11. The third-order valence-electron chi connectivity index (χ3n) is 1.64. The third kappa shape index (κ3) is 3.34. The van der Waals surface area contributed by atoms with Gasteiger partial charge in [-0.15, -0.1) is 0 Å². The lowest BCUT2D eigenvalue weighted by atomic mass is 10.1. The first kappa shape index (κ1) is 9.71. The Bertz CT molecular complexity index is 240. The number of halogens is 1. The first-order valence-corrected chi connectivity index (χ1v) is 4.73. The molecule has 0 bridgehead atoms. The van der Waals surface area contributed by atoms with E-state index in [1.54, 1.807) is 0 Å². The highest BCUT2D eigenvalue weighted by Gasteiger charge is 1.93. The molecule has 0 aliphatic rings. The van der Waals surface area contributed by atoms with Gasteiger partial charge in [-0.2, -0.15) is 0 Å². The van der Waals surface area contributed by atoms with E-state index in [0.29, 0.717) is 6.54 Å². The van der Waals surface area contributed by atoms with Crippen LogP contribution in [0.3, 0.4) is 0 Å². The molecule has 0 spiro atoms. The Labute approximate surface area is 80.7 Å². The molecule has 1 rings (SSSR count). The molecule has 0 amide bonds. The zero-order valence-electron chi connectivity index (χ0n) is 6.76. The highest BCUT2D eigenvalue weighted by molar-refractivity contribution is 9.10. The first-order chi connectivity index (χ1) is 5.83. The number of hydrogen-bond acceptors (Lipinski definition) is 2. The van der Waals surface area contributed by atoms with Gasteiger partial charge in [0.05, 0.1) is 0 Å². The largest absolute Gasteiger partial charge is 0.317 e. The second kappa shape index (κ2) is 5.30. The van der Waals surface area contributed by atoms with E-state index in [9.17, 15) is 0 Å². The standard InChI is InChI=1S/C9H12BrNO/c10-9-5-1-3-8(7-9)4-2-6-11-12/h1,3,5,7,11-12H,2,4,6H2. The van der Waals surface area contributed by atoms with Crippen molar-refractivity contribution in [3.63, 3.8) is 0 Å². The zero-order chi connectivity index (χ0) is 8.81. The molecular weight excluding hydrogens is 218 g/mol. The summed E-state index contributed by atoms with van der Waals surface area (Å²) in [5.74, 6) is 0. The van der Waals surface area contributed by atoms with Gasteiger partial charge in [0, 0.05) is 11.0 Å². The molecule has 0 heterocycles. The average molecular weight is 230 g/mol. The van der Waals surface area contributed by atoms with E-state index in [0.717, 1.165) is 17.3 Å². The molecule has 1 aromatic carbocycles. The Morgan fingerprint density at radius 2 is 2.25 bits per heavy atom. The molecule has 2 nitrogen and oxygen atoms in total. The predicted molar refractivity (Wildman–Crippen MR) is 52.3 cm³/mol. The van der Waals surface area contributed by atoms with Crippen LogP contribution >= 0.6 is 15.9 Å². The van der Waals surface area contributed by atoms with Gasteiger partial charge < -0.3 is 5.21 Å². The van der Waals surface area contributed by atoms with Crippen molar-refractivity contribution in [2.45, 2.75) is 12.8 Å². The number of benzene rings is 1. The Kier molecular flexibility index (Phi) is 4.29. The predicted octanol–water partition coefficient (Wildman–Crippen LogP) is 2.36. The second-order valence-corrected chi connectivity index (χ2v) is 3.56. The molecule has 0 radical (unpaired) electrons. The van der Waals surface area contributed by atoms with Gasteiger partial charge >= 0.3 is 0 Å². The van der Waals surface area contributed by atoms with Gasteiger partial charge in [-0.3, -0.25) is 0 Å². The van der Waals surface area contributed by atoms with Crippen molar-refractivity contribution in [2.75, 3.05) is 6.54 Å². The molecule has 0 saturated carbocycles. The number of rotatable bonds is 4. The molecule has 0 unspecified atom stereocenters. The SMILES string of the molecule is ONCCCc1cccc(Br)c1. The lowest BCUT2D eigenvalue weighted by Crippen LogP contribution is -2.09. The highest BCUT2D eigenvalue weighted by Crippen LogP contribution is 2.12.